The van der Waals surface area contributed by atoms with Crippen LogP contribution in [0, 0.1) is 18.6 Å². The Balaban J connectivity index is 1.75. The smallest absolute Gasteiger partial charge is 0.318 e. The van der Waals surface area contributed by atoms with E-state index in [9.17, 15) is 13.6 Å². The normalized spacial score (nSPS) is 14.8. The Kier molecular flexibility index (Phi) is 3.79. The second-order valence-corrected chi connectivity index (χ2v) is 5.44. The minimum atomic E-state index is -0.717. The summed E-state index contributed by atoms with van der Waals surface area (Å²) in [6, 6.07) is 10.9. The van der Waals surface area contributed by atoms with Crippen LogP contribution in [0.5, 0.6) is 0 Å². The molecule has 0 radical (unpaired) electrons. The summed E-state index contributed by atoms with van der Waals surface area (Å²) < 4.78 is 26.8. The third kappa shape index (κ3) is 2.79. The van der Waals surface area contributed by atoms with Gasteiger partial charge in [0.2, 0.25) is 0 Å². The summed E-state index contributed by atoms with van der Waals surface area (Å²) in [6.45, 7) is 3.40. The highest BCUT2D eigenvalue weighted by atomic mass is 19.1. The first-order chi connectivity index (χ1) is 10.5. The number of aryl methyl sites for hydroxylation is 1. The van der Waals surface area contributed by atoms with Crippen molar-refractivity contribution in [2.45, 2.75) is 13.5 Å². The number of nitrogens with zero attached hydrogens (tertiary/aromatic N) is 2. The van der Waals surface area contributed by atoms with E-state index in [2.05, 4.69) is 0 Å². The van der Waals surface area contributed by atoms with Crippen LogP contribution in [-0.2, 0) is 6.54 Å². The van der Waals surface area contributed by atoms with E-state index < -0.39 is 11.6 Å². The zero-order chi connectivity index (χ0) is 15.7. The summed E-state index contributed by atoms with van der Waals surface area (Å²) >= 11 is 0. The highest BCUT2D eigenvalue weighted by molar-refractivity contribution is 5.94. The van der Waals surface area contributed by atoms with Crippen molar-refractivity contribution in [3.05, 3.63) is 65.2 Å². The molecular weight excluding hydrogens is 286 g/mol. The minimum Gasteiger partial charge on any atom is -0.318 e. The molecule has 0 atom stereocenters. The predicted molar refractivity (Wildman–Crippen MR) is 80.7 cm³/mol. The Morgan fingerprint density at radius 1 is 1.05 bits per heavy atom. The van der Waals surface area contributed by atoms with E-state index in [1.165, 1.54) is 11.0 Å². The summed E-state index contributed by atoms with van der Waals surface area (Å²) in [5, 5.41) is 0. The number of benzene rings is 2. The van der Waals surface area contributed by atoms with E-state index >= 15 is 0 Å². The van der Waals surface area contributed by atoms with Crippen molar-refractivity contribution < 1.29 is 13.6 Å². The lowest BCUT2D eigenvalue weighted by Gasteiger charge is -2.19. The molecule has 2 aromatic carbocycles. The van der Waals surface area contributed by atoms with Gasteiger partial charge in [0.25, 0.3) is 0 Å². The van der Waals surface area contributed by atoms with Crippen LogP contribution in [0.1, 0.15) is 11.1 Å². The van der Waals surface area contributed by atoms with Gasteiger partial charge in [0.05, 0.1) is 5.69 Å². The Hall–Kier alpha value is -2.43. The van der Waals surface area contributed by atoms with E-state index in [0.29, 0.717) is 19.6 Å². The SMILES string of the molecule is Cc1ccc(CN2CCN(c3ccc(F)cc3F)C2=O)cc1. The van der Waals surface area contributed by atoms with E-state index in [-0.39, 0.29) is 11.7 Å². The second kappa shape index (κ2) is 5.75. The fourth-order valence-electron chi connectivity index (χ4n) is 2.57. The maximum Gasteiger partial charge on any atom is 0.325 e. The number of urea groups is 1. The molecule has 0 bridgehead atoms. The van der Waals surface area contributed by atoms with Gasteiger partial charge in [0.1, 0.15) is 11.6 Å². The molecule has 1 heterocycles. The van der Waals surface area contributed by atoms with Crippen molar-refractivity contribution >= 4 is 11.7 Å². The third-order valence-corrected chi connectivity index (χ3v) is 3.79. The largest absolute Gasteiger partial charge is 0.325 e. The summed E-state index contributed by atoms with van der Waals surface area (Å²) in [4.78, 5) is 15.4. The number of hydrogen-bond donors (Lipinski definition) is 0. The van der Waals surface area contributed by atoms with Gasteiger partial charge >= 0.3 is 6.03 Å². The van der Waals surface area contributed by atoms with Crippen LogP contribution < -0.4 is 4.90 Å². The monoisotopic (exact) mass is 302 g/mol. The number of anilines is 1. The molecule has 1 aliphatic heterocycles. The lowest BCUT2D eigenvalue weighted by molar-refractivity contribution is 0.218. The molecule has 2 amide bonds. The predicted octanol–water partition coefficient (Wildman–Crippen LogP) is 3.72. The number of hydrogen-bond acceptors (Lipinski definition) is 1. The molecule has 1 fully saturated rings. The molecule has 3 nitrogen and oxygen atoms in total. The second-order valence-electron chi connectivity index (χ2n) is 5.44. The number of rotatable bonds is 3. The van der Waals surface area contributed by atoms with Gasteiger partial charge in [0.15, 0.2) is 0 Å². The summed E-state index contributed by atoms with van der Waals surface area (Å²) in [5.41, 5.74) is 2.31. The fourth-order valence-corrected chi connectivity index (χ4v) is 2.57. The van der Waals surface area contributed by atoms with E-state index in [0.717, 1.165) is 23.3 Å². The quantitative estimate of drug-likeness (QED) is 0.847. The van der Waals surface area contributed by atoms with Crippen molar-refractivity contribution in [1.29, 1.82) is 0 Å². The van der Waals surface area contributed by atoms with Crippen LogP contribution in [0.4, 0.5) is 19.3 Å². The molecule has 0 aliphatic carbocycles. The Morgan fingerprint density at radius 3 is 2.45 bits per heavy atom. The number of carbonyl (C=O) groups is 1. The zero-order valence-electron chi connectivity index (χ0n) is 12.2. The van der Waals surface area contributed by atoms with Gasteiger partial charge in [-0.1, -0.05) is 29.8 Å². The van der Waals surface area contributed by atoms with Crippen molar-refractivity contribution in [3.63, 3.8) is 0 Å². The Labute approximate surface area is 127 Å². The van der Waals surface area contributed by atoms with Crippen LogP contribution in [0.3, 0.4) is 0 Å². The molecule has 114 valence electrons. The van der Waals surface area contributed by atoms with Crippen molar-refractivity contribution in [3.8, 4) is 0 Å². The fraction of sp³-hybridized carbons (Fsp3) is 0.235. The third-order valence-electron chi connectivity index (χ3n) is 3.79. The van der Waals surface area contributed by atoms with E-state index in [1.54, 1.807) is 4.90 Å². The van der Waals surface area contributed by atoms with E-state index in [4.69, 9.17) is 0 Å². The molecule has 0 aromatic heterocycles. The zero-order valence-corrected chi connectivity index (χ0v) is 12.2. The molecule has 1 saturated heterocycles. The Morgan fingerprint density at radius 2 is 1.77 bits per heavy atom. The van der Waals surface area contributed by atoms with Crippen molar-refractivity contribution in [2.24, 2.45) is 0 Å². The molecule has 0 spiro atoms. The van der Waals surface area contributed by atoms with Crippen molar-refractivity contribution in [1.82, 2.24) is 4.90 Å². The molecule has 0 unspecified atom stereocenters. The van der Waals surface area contributed by atoms with E-state index in [1.807, 2.05) is 31.2 Å². The lowest BCUT2D eigenvalue weighted by Crippen LogP contribution is -2.32. The average molecular weight is 302 g/mol. The highest BCUT2D eigenvalue weighted by Crippen LogP contribution is 2.25. The first-order valence-electron chi connectivity index (χ1n) is 7.11. The first kappa shape index (κ1) is 14.5. The number of halogens is 2. The molecule has 0 N–H and O–H groups in total. The highest BCUT2D eigenvalue weighted by Gasteiger charge is 2.31. The maximum absolute atomic E-state index is 13.8. The minimum absolute atomic E-state index is 0.123. The standard InChI is InChI=1S/C17H16F2N2O/c1-12-2-4-13(5-3-12)11-20-8-9-21(17(20)22)16-7-6-14(18)10-15(16)19/h2-7,10H,8-9,11H2,1H3. The van der Waals surface area contributed by atoms with Gasteiger partial charge in [0, 0.05) is 25.7 Å². The van der Waals surface area contributed by atoms with Crippen LogP contribution in [0.2, 0.25) is 0 Å². The maximum atomic E-state index is 13.8. The molecule has 5 heteroatoms. The summed E-state index contributed by atoms with van der Waals surface area (Å²) in [6.07, 6.45) is 0. The van der Waals surface area contributed by atoms with Crippen LogP contribution >= 0.6 is 0 Å². The first-order valence-corrected chi connectivity index (χ1v) is 7.11. The van der Waals surface area contributed by atoms with Gasteiger partial charge in [-0.3, -0.25) is 4.90 Å². The summed E-state index contributed by atoms with van der Waals surface area (Å²) in [5.74, 6) is -1.37. The molecule has 3 rings (SSSR count). The number of amides is 2. The van der Waals surface area contributed by atoms with Gasteiger partial charge in [-0.2, -0.15) is 0 Å². The topological polar surface area (TPSA) is 23.6 Å². The molecule has 1 aliphatic rings. The van der Waals surface area contributed by atoms with Gasteiger partial charge in [-0.05, 0) is 24.6 Å². The van der Waals surface area contributed by atoms with Gasteiger partial charge < -0.3 is 4.90 Å². The summed E-state index contributed by atoms with van der Waals surface area (Å²) in [7, 11) is 0. The van der Waals surface area contributed by atoms with Crippen LogP contribution in [0.15, 0.2) is 42.5 Å². The molecule has 0 saturated carbocycles. The molecular formula is C17H16F2N2O. The molecule has 2 aromatic rings. The lowest BCUT2D eigenvalue weighted by atomic mass is 10.1. The van der Waals surface area contributed by atoms with Crippen LogP contribution in [0.25, 0.3) is 0 Å². The molecule has 22 heavy (non-hydrogen) atoms. The van der Waals surface area contributed by atoms with Gasteiger partial charge in [-0.25, -0.2) is 13.6 Å². The average Bonchev–Trinajstić information content (AvgIpc) is 2.83. The van der Waals surface area contributed by atoms with Gasteiger partial charge in [-0.15, -0.1) is 0 Å². The van der Waals surface area contributed by atoms with Crippen LogP contribution in [-0.4, -0.2) is 24.0 Å². The Bertz CT molecular complexity index is 700. The van der Waals surface area contributed by atoms with Crippen molar-refractivity contribution in [2.75, 3.05) is 18.0 Å². The number of carbonyl (C=O) groups excluding carboxylic acids is 1.